The van der Waals surface area contributed by atoms with Gasteiger partial charge in [0, 0.05) is 18.4 Å². The highest BCUT2D eigenvalue weighted by Crippen LogP contribution is 2.47. The molecule has 0 aliphatic heterocycles. The normalized spacial score (nSPS) is 19.5. The summed E-state index contributed by atoms with van der Waals surface area (Å²) >= 11 is 0. The van der Waals surface area contributed by atoms with Crippen molar-refractivity contribution in [1.29, 1.82) is 0 Å². The Morgan fingerprint density at radius 3 is 2.75 bits per heavy atom. The van der Waals surface area contributed by atoms with Crippen molar-refractivity contribution in [3.05, 3.63) is 5.82 Å². The highest BCUT2D eigenvalue weighted by molar-refractivity contribution is 4.99. The van der Waals surface area contributed by atoms with Gasteiger partial charge in [-0.05, 0) is 18.1 Å². The van der Waals surface area contributed by atoms with Gasteiger partial charge in [0.25, 0.3) is 0 Å². The molecule has 1 aromatic heterocycles. The quantitative estimate of drug-likeness (QED) is 0.662. The van der Waals surface area contributed by atoms with Crippen molar-refractivity contribution in [2.24, 2.45) is 12.5 Å². The lowest BCUT2D eigenvalue weighted by Gasteiger charge is -2.06. The van der Waals surface area contributed by atoms with Crippen LogP contribution in [-0.4, -0.2) is 31.9 Å². The molecule has 12 heavy (non-hydrogen) atoms. The fourth-order valence-electron chi connectivity index (χ4n) is 1.30. The second kappa shape index (κ2) is 2.52. The Morgan fingerprint density at radius 2 is 2.33 bits per heavy atom. The predicted octanol–water partition coefficient (Wildman–Crippen LogP) is -0.475. The largest absolute Gasteiger partial charge is 0.396 e. The molecule has 1 saturated carbocycles. The molecule has 0 aromatic carbocycles. The molecule has 1 fully saturated rings. The summed E-state index contributed by atoms with van der Waals surface area (Å²) in [7, 11) is 1.75. The summed E-state index contributed by atoms with van der Waals surface area (Å²) in [4.78, 5) is 1.45. The third-order valence-corrected chi connectivity index (χ3v) is 2.38. The van der Waals surface area contributed by atoms with Gasteiger partial charge < -0.3 is 5.11 Å². The van der Waals surface area contributed by atoms with Crippen LogP contribution in [0.1, 0.15) is 18.7 Å². The van der Waals surface area contributed by atoms with Crippen LogP contribution in [0.2, 0.25) is 0 Å². The molecular weight excluding hydrogens is 156 g/mol. The predicted molar refractivity (Wildman–Crippen MR) is 41.3 cm³/mol. The number of aryl methyl sites for hydroxylation is 1. The Kier molecular flexibility index (Phi) is 1.61. The summed E-state index contributed by atoms with van der Waals surface area (Å²) in [6.07, 6.45) is 2.93. The molecule has 1 aromatic rings. The molecule has 0 amide bonds. The van der Waals surface area contributed by atoms with Gasteiger partial charge in [0.2, 0.25) is 0 Å². The Balaban J connectivity index is 2.04. The van der Waals surface area contributed by atoms with Crippen LogP contribution in [0.15, 0.2) is 0 Å². The minimum atomic E-state index is 0.0863. The number of aliphatic hydroxyl groups excluding tert-OH is 1. The smallest absolute Gasteiger partial charge is 0.175 e. The molecule has 0 saturated heterocycles. The van der Waals surface area contributed by atoms with E-state index in [1.165, 1.54) is 4.80 Å². The average Bonchev–Trinajstić information content (AvgIpc) is 2.71. The lowest BCUT2D eigenvalue weighted by Crippen LogP contribution is -2.11. The number of tetrazole rings is 1. The molecule has 1 aliphatic rings. The maximum Gasteiger partial charge on any atom is 0.175 e. The van der Waals surface area contributed by atoms with Crippen molar-refractivity contribution >= 4 is 0 Å². The molecule has 0 radical (unpaired) electrons. The van der Waals surface area contributed by atoms with E-state index in [-0.39, 0.29) is 12.0 Å². The molecule has 1 N–H and O–H groups in total. The highest BCUT2D eigenvalue weighted by atomic mass is 16.3. The first-order chi connectivity index (χ1) is 5.74. The van der Waals surface area contributed by atoms with Gasteiger partial charge in [0.15, 0.2) is 5.82 Å². The fraction of sp³-hybridized carbons (Fsp3) is 0.857. The van der Waals surface area contributed by atoms with E-state index in [0.29, 0.717) is 0 Å². The zero-order valence-electron chi connectivity index (χ0n) is 7.06. The van der Waals surface area contributed by atoms with Crippen LogP contribution in [0.3, 0.4) is 0 Å². The van der Waals surface area contributed by atoms with Crippen molar-refractivity contribution < 1.29 is 5.11 Å². The van der Waals surface area contributed by atoms with Crippen molar-refractivity contribution in [1.82, 2.24) is 20.2 Å². The Morgan fingerprint density at radius 1 is 1.58 bits per heavy atom. The van der Waals surface area contributed by atoms with E-state index >= 15 is 0 Å². The van der Waals surface area contributed by atoms with E-state index in [0.717, 1.165) is 25.1 Å². The van der Waals surface area contributed by atoms with E-state index in [1.807, 2.05) is 0 Å². The number of hydrogen-bond acceptors (Lipinski definition) is 4. The van der Waals surface area contributed by atoms with Crippen LogP contribution in [-0.2, 0) is 13.5 Å². The first kappa shape index (κ1) is 7.67. The first-order valence-electron chi connectivity index (χ1n) is 4.08. The molecule has 5 heteroatoms. The van der Waals surface area contributed by atoms with E-state index in [2.05, 4.69) is 15.4 Å². The number of rotatable bonds is 3. The summed E-state index contributed by atoms with van der Waals surface area (Å²) in [5.41, 5.74) is 0.0863. The monoisotopic (exact) mass is 168 g/mol. The molecule has 5 nitrogen and oxygen atoms in total. The van der Waals surface area contributed by atoms with Crippen LogP contribution < -0.4 is 0 Å². The molecule has 66 valence electrons. The summed E-state index contributed by atoms with van der Waals surface area (Å²) < 4.78 is 0. The Bertz CT molecular complexity index is 279. The van der Waals surface area contributed by atoms with Gasteiger partial charge in [0.05, 0.1) is 7.05 Å². The lowest BCUT2D eigenvalue weighted by molar-refractivity contribution is 0.209. The molecule has 0 bridgehead atoms. The summed E-state index contributed by atoms with van der Waals surface area (Å²) in [5.74, 6) is 0.740. The second-order valence-corrected chi connectivity index (χ2v) is 3.53. The zero-order chi connectivity index (χ0) is 8.60. The standard InChI is InChI=1S/C7H12N4O/c1-11-9-6(8-10-11)4-7(5-12)2-3-7/h12H,2-5H2,1H3. The molecule has 0 atom stereocenters. The zero-order valence-corrected chi connectivity index (χ0v) is 7.06. The third-order valence-electron chi connectivity index (χ3n) is 2.38. The minimum absolute atomic E-state index is 0.0863. The van der Waals surface area contributed by atoms with Crippen molar-refractivity contribution in [3.8, 4) is 0 Å². The third kappa shape index (κ3) is 1.32. The Hall–Kier alpha value is -0.970. The average molecular weight is 168 g/mol. The number of aromatic nitrogens is 4. The molecule has 1 heterocycles. The van der Waals surface area contributed by atoms with Crippen molar-refractivity contribution in [2.45, 2.75) is 19.3 Å². The van der Waals surface area contributed by atoms with E-state index in [9.17, 15) is 0 Å². The van der Waals surface area contributed by atoms with Gasteiger partial charge in [-0.15, -0.1) is 10.2 Å². The van der Waals surface area contributed by atoms with Crippen LogP contribution in [0.4, 0.5) is 0 Å². The molecular formula is C7H12N4O. The van der Waals surface area contributed by atoms with Crippen LogP contribution in [0.5, 0.6) is 0 Å². The maximum atomic E-state index is 9.04. The van der Waals surface area contributed by atoms with Crippen LogP contribution >= 0.6 is 0 Å². The SMILES string of the molecule is Cn1nnc(CC2(CO)CC2)n1. The second-order valence-electron chi connectivity index (χ2n) is 3.53. The Labute approximate surface area is 70.4 Å². The molecule has 0 unspecified atom stereocenters. The number of nitrogens with zero attached hydrogens (tertiary/aromatic N) is 4. The van der Waals surface area contributed by atoms with Crippen molar-refractivity contribution in [3.63, 3.8) is 0 Å². The topological polar surface area (TPSA) is 63.8 Å². The van der Waals surface area contributed by atoms with Crippen molar-refractivity contribution in [2.75, 3.05) is 6.61 Å². The summed E-state index contributed by atoms with van der Waals surface area (Å²) in [6.45, 7) is 0.241. The molecule has 2 rings (SSSR count). The highest BCUT2D eigenvalue weighted by Gasteiger charge is 2.43. The van der Waals surface area contributed by atoms with Gasteiger partial charge in [0.1, 0.15) is 0 Å². The number of aliphatic hydroxyl groups is 1. The van der Waals surface area contributed by atoms with E-state index in [1.54, 1.807) is 7.05 Å². The minimum Gasteiger partial charge on any atom is -0.396 e. The summed E-state index contributed by atoms with van der Waals surface area (Å²) in [5, 5.41) is 20.7. The van der Waals surface area contributed by atoms with Gasteiger partial charge in [-0.25, -0.2) is 0 Å². The van der Waals surface area contributed by atoms with Gasteiger partial charge in [-0.1, -0.05) is 0 Å². The van der Waals surface area contributed by atoms with Gasteiger partial charge in [-0.3, -0.25) is 0 Å². The van der Waals surface area contributed by atoms with Crippen LogP contribution in [0, 0.1) is 5.41 Å². The van der Waals surface area contributed by atoms with E-state index in [4.69, 9.17) is 5.11 Å². The van der Waals surface area contributed by atoms with Crippen LogP contribution in [0.25, 0.3) is 0 Å². The van der Waals surface area contributed by atoms with Gasteiger partial charge in [-0.2, -0.15) is 4.80 Å². The van der Waals surface area contributed by atoms with E-state index < -0.39 is 0 Å². The lowest BCUT2D eigenvalue weighted by atomic mass is 10.0. The first-order valence-corrected chi connectivity index (χ1v) is 4.08. The van der Waals surface area contributed by atoms with Gasteiger partial charge >= 0.3 is 0 Å². The molecule has 0 spiro atoms. The maximum absolute atomic E-state index is 9.04. The molecule has 1 aliphatic carbocycles. The number of hydrogen-bond donors (Lipinski definition) is 1. The fourth-order valence-corrected chi connectivity index (χ4v) is 1.30. The summed E-state index contributed by atoms with van der Waals surface area (Å²) in [6, 6.07) is 0.